The molecule has 0 aliphatic carbocycles. The molecule has 0 bridgehead atoms. The fraction of sp³-hybridized carbons (Fsp3) is 0.231. The Hall–Kier alpha value is -1.55. The molecule has 18 heavy (non-hydrogen) atoms. The molecule has 0 saturated heterocycles. The van der Waals surface area contributed by atoms with Crippen molar-refractivity contribution >= 4 is 11.6 Å². The van der Waals surface area contributed by atoms with Crippen molar-refractivity contribution < 1.29 is 8.78 Å². The highest BCUT2D eigenvalue weighted by Gasteiger charge is 2.09. The van der Waals surface area contributed by atoms with E-state index in [0.717, 1.165) is 17.3 Å². The summed E-state index contributed by atoms with van der Waals surface area (Å²) in [5.41, 5.74) is 1.95. The van der Waals surface area contributed by atoms with E-state index in [2.05, 4.69) is 9.97 Å². The van der Waals surface area contributed by atoms with E-state index in [9.17, 15) is 8.78 Å². The first kappa shape index (κ1) is 12.9. The first-order valence-corrected chi connectivity index (χ1v) is 6.04. The second-order valence-corrected chi connectivity index (χ2v) is 4.08. The maximum atomic E-state index is 13.1. The zero-order valence-corrected chi connectivity index (χ0v) is 10.5. The maximum absolute atomic E-state index is 13.1. The van der Waals surface area contributed by atoms with E-state index in [-0.39, 0.29) is 0 Å². The van der Waals surface area contributed by atoms with Gasteiger partial charge in [0.05, 0.1) is 5.88 Å². The molecule has 0 atom stereocenters. The number of nitrogens with zero attached hydrogens (tertiary/aromatic N) is 2. The molecule has 2 rings (SSSR count). The Morgan fingerprint density at radius 1 is 1.17 bits per heavy atom. The highest BCUT2D eigenvalue weighted by molar-refractivity contribution is 6.17. The fourth-order valence-electron chi connectivity index (χ4n) is 1.68. The van der Waals surface area contributed by atoms with Crippen LogP contribution in [-0.2, 0) is 12.3 Å². The van der Waals surface area contributed by atoms with E-state index in [1.807, 2.05) is 6.92 Å². The van der Waals surface area contributed by atoms with Crippen molar-refractivity contribution in [1.82, 2.24) is 9.97 Å². The third-order valence-corrected chi connectivity index (χ3v) is 2.84. The molecule has 0 unspecified atom stereocenters. The topological polar surface area (TPSA) is 25.8 Å². The molecule has 0 radical (unpaired) electrons. The molecule has 0 N–H and O–H groups in total. The van der Waals surface area contributed by atoms with E-state index in [1.54, 1.807) is 6.20 Å². The number of aryl methyl sites for hydroxylation is 1. The largest absolute Gasteiger partial charge is 0.236 e. The summed E-state index contributed by atoms with van der Waals surface area (Å²) in [6.07, 6.45) is 2.28. The monoisotopic (exact) mass is 268 g/mol. The molecule has 1 heterocycles. The molecule has 0 spiro atoms. The fourth-order valence-corrected chi connectivity index (χ4v) is 1.91. The molecule has 0 amide bonds. The van der Waals surface area contributed by atoms with Crippen molar-refractivity contribution in [2.24, 2.45) is 0 Å². The predicted molar refractivity (Wildman–Crippen MR) is 66.3 cm³/mol. The Kier molecular flexibility index (Phi) is 3.87. The number of benzene rings is 1. The summed E-state index contributed by atoms with van der Waals surface area (Å²) in [6.45, 7) is 1.94. The minimum absolute atomic E-state index is 0.305. The highest BCUT2D eigenvalue weighted by Crippen LogP contribution is 2.20. The molecular weight excluding hydrogens is 258 g/mol. The zero-order valence-electron chi connectivity index (χ0n) is 9.75. The minimum atomic E-state index is -0.645. The summed E-state index contributed by atoms with van der Waals surface area (Å²) in [6, 6.07) is 3.23. The predicted octanol–water partition coefficient (Wildman–Crippen LogP) is 3.72. The van der Waals surface area contributed by atoms with E-state index in [1.165, 1.54) is 12.1 Å². The van der Waals surface area contributed by atoms with Gasteiger partial charge in [0.25, 0.3) is 0 Å². The molecule has 0 aliphatic heterocycles. The summed E-state index contributed by atoms with van der Waals surface area (Å²) in [5.74, 6) is -0.665. The first-order valence-electron chi connectivity index (χ1n) is 5.51. The lowest BCUT2D eigenvalue weighted by Gasteiger charge is -2.06. The Labute approximate surface area is 109 Å². The molecular formula is C13H11ClF2N2. The van der Waals surface area contributed by atoms with Gasteiger partial charge in [-0.2, -0.15) is 0 Å². The van der Waals surface area contributed by atoms with Gasteiger partial charge in [0, 0.05) is 29.1 Å². The Morgan fingerprint density at radius 2 is 1.83 bits per heavy atom. The van der Waals surface area contributed by atoms with Gasteiger partial charge in [0.1, 0.15) is 11.6 Å². The van der Waals surface area contributed by atoms with Gasteiger partial charge in [-0.15, -0.1) is 11.6 Å². The van der Waals surface area contributed by atoms with Gasteiger partial charge >= 0.3 is 0 Å². The van der Waals surface area contributed by atoms with Gasteiger partial charge in [-0.05, 0) is 18.6 Å². The Bertz CT molecular complexity index is 553. The quantitative estimate of drug-likeness (QED) is 0.793. The molecule has 94 valence electrons. The lowest BCUT2D eigenvalue weighted by molar-refractivity contribution is 0.584. The van der Waals surface area contributed by atoms with Crippen LogP contribution in [0.15, 0.2) is 24.4 Å². The van der Waals surface area contributed by atoms with Crippen LogP contribution in [0.5, 0.6) is 0 Å². The summed E-state index contributed by atoms with van der Waals surface area (Å²) < 4.78 is 26.2. The molecule has 2 nitrogen and oxygen atoms in total. The van der Waals surface area contributed by atoms with Crippen LogP contribution in [0.2, 0.25) is 0 Å². The Morgan fingerprint density at radius 3 is 2.39 bits per heavy atom. The van der Waals surface area contributed by atoms with Gasteiger partial charge < -0.3 is 0 Å². The SMILES string of the molecule is CCc1nc(-c2cc(F)cc(F)c2)ncc1CCl. The molecule has 2 aromatic rings. The number of hydrogen-bond donors (Lipinski definition) is 0. The van der Waals surface area contributed by atoms with E-state index >= 15 is 0 Å². The molecule has 5 heteroatoms. The number of halogens is 3. The van der Waals surface area contributed by atoms with Gasteiger partial charge in [-0.25, -0.2) is 18.7 Å². The van der Waals surface area contributed by atoms with Crippen LogP contribution in [-0.4, -0.2) is 9.97 Å². The van der Waals surface area contributed by atoms with E-state index in [4.69, 9.17) is 11.6 Å². The van der Waals surface area contributed by atoms with Crippen LogP contribution < -0.4 is 0 Å². The third kappa shape index (κ3) is 2.64. The number of alkyl halides is 1. The van der Waals surface area contributed by atoms with Crippen molar-refractivity contribution in [3.63, 3.8) is 0 Å². The average Bonchev–Trinajstić information content (AvgIpc) is 2.36. The van der Waals surface area contributed by atoms with Crippen LogP contribution in [0.3, 0.4) is 0 Å². The van der Waals surface area contributed by atoms with Crippen LogP contribution >= 0.6 is 11.6 Å². The van der Waals surface area contributed by atoms with Crippen molar-refractivity contribution in [2.75, 3.05) is 0 Å². The molecule has 1 aromatic heterocycles. The van der Waals surface area contributed by atoms with Crippen LogP contribution in [0.25, 0.3) is 11.4 Å². The molecule has 1 aromatic carbocycles. The van der Waals surface area contributed by atoms with E-state index < -0.39 is 11.6 Å². The minimum Gasteiger partial charge on any atom is -0.236 e. The van der Waals surface area contributed by atoms with Gasteiger partial charge in [0.15, 0.2) is 5.82 Å². The second-order valence-electron chi connectivity index (χ2n) is 3.81. The second kappa shape index (κ2) is 5.40. The van der Waals surface area contributed by atoms with E-state index in [0.29, 0.717) is 23.7 Å². The highest BCUT2D eigenvalue weighted by atomic mass is 35.5. The smallest absolute Gasteiger partial charge is 0.159 e. The van der Waals surface area contributed by atoms with Crippen molar-refractivity contribution in [1.29, 1.82) is 0 Å². The normalized spacial score (nSPS) is 10.7. The summed E-state index contributed by atoms with van der Waals surface area (Å²) >= 11 is 5.76. The third-order valence-electron chi connectivity index (χ3n) is 2.55. The van der Waals surface area contributed by atoms with Crippen molar-refractivity contribution in [3.05, 3.63) is 47.3 Å². The summed E-state index contributed by atoms with van der Waals surface area (Å²) in [4.78, 5) is 8.37. The van der Waals surface area contributed by atoms with Crippen molar-refractivity contribution in [3.8, 4) is 11.4 Å². The summed E-state index contributed by atoms with van der Waals surface area (Å²) in [7, 11) is 0. The van der Waals surface area contributed by atoms with Crippen LogP contribution in [0, 0.1) is 11.6 Å². The van der Waals surface area contributed by atoms with Crippen LogP contribution in [0.1, 0.15) is 18.2 Å². The van der Waals surface area contributed by atoms with Gasteiger partial charge in [-0.1, -0.05) is 6.92 Å². The lowest BCUT2D eigenvalue weighted by atomic mass is 10.1. The first-order chi connectivity index (χ1) is 8.63. The lowest BCUT2D eigenvalue weighted by Crippen LogP contribution is -2.00. The Balaban J connectivity index is 2.50. The van der Waals surface area contributed by atoms with Crippen LogP contribution in [0.4, 0.5) is 8.78 Å². The average molecular weight is 269 g/mol. The molecule has 0 aliphatic rings. The molecule has 0 fully saturated rings. The summed E-state index contributed by atoms with van der Waals surface area (Å²) in [5, 5.41) is 0. The number of rotatable bonds is 3. The zero-order chi connectivity index (χ0) is 13.1. The van der Waals surface area contributed by atoms with Crippen molar-refractivity contribution in [2.45, 2.75) is 19.2 Å². The number of hydrogen-bond acceptors (Lipinski definition) is 2. The number of aromatic nitrogens is 2. The standard InChI is InChI=1S/C13H11ClF2N2/c1-2-12-9(6-14)7-17-13(18-12)8-3-10(15)5-11(16)4-8/h3-5,7H,2,6H2,1H3. The maximum Gasteiger partial charge on any atom is 0.159 e. The van der Waals surface area contributed by atoms with Gasteiger partial charge in [-0.3, -0.25) is 0 Å². The molecule has 0 saturated carbocycles. The van der Waals surface area contributed by atoms with Gasteiger partial charge in [0.2, 0.25) is 0 Å².